The number of hydrogen-bond donors (Lipinski definition) is 1. The Balaban J connectivity index is 1.71. The highest BCUT2D eigenvalue weighted by molar-refractivity contribution is 6.30. The van der Waals surface area contributed by atoms with Crippen LogP contribution in [0, 0.1) is 17.7 Å². The highest BCUT2D eigenvalue weighted by Gasteiger charge is 2.33. The van der Waals surface area contributed by atoms with Crippen LogP contribution in [-0.4, -0.2) is 37.9 Å². The highest BCUT2D eigenvalue weighted by Crippen LogP contribution is 2.39. The summed E-state index contributed by atoms with van der Waals surface area (Å²) in [4.78, 5) is 14.4. The van der Waals surface area contributed by atoms with E-state index in [2.05, 4.69) is 4.90 Å². The molecule has 32 heavy (non-hydrogen) atoms. The molecule has 1 aliphatic carbocycles. The molecule has 1 aliphatic heterocycles. The van der Waals surface area contributed by atoms with E-state index in [9.17, 15) is 14.3 Å². The molecule has 2 atom stereocenters. The third-order valence-corrected chi connectivity index (χ3v) is 6.97. The number of methoxy groups -OCH3 is 1. The van der Waals surface area contributed by atoms with E-state index in [4.69, 9.17) is 21.1 Å². The largest absolute Gasteiger partial charge is 0.487 e. The molecule has 0 aromatic heterocycles. The molecule has 0 amide bonds. The summed E-state index contributed by atoms with van der Waals surface area (Å²) < 4.78 is 25.7. The summed E-state index contributed by atoms with van der Waals surface area (Å²) in [6.07, 6.45) is 4.84. The number of ether oxygens (including phenoxy) is 2. The summed E-state index contributed by atoms with van der Waals surface area (Å²) in [5.41, 5.74) is 2.74. The van der Waals surface area contributed by atoms with Gasteiger partial charge in [0.1, 0.15) is 18.2 Å². The normalized spacial score (nSPS) is 20.8. The minimum atomic E-state index is -0.712. The van der Waals surface area contributed by atoms with Gasteiger partial charge in [-0.1, -0.05) is 17.7 Å². The van der Waals surface area contributed by atoms with Crippen LogP contribution in [0.4, 0.5) is 10.1 Å². The van der Waals surface area contributed by atoms with Crippen LogP contribution < -0.4 is 9.64 Å². The Labute approximate surface area is 193 Å². The maximum atomic E-state index is 14.8. The van der Waals surface area contributed by atoms with E-state index < -0.39 is 11.8 Å². The minimum absolute atomic E-state index is 0.103. The van der Waals surface area contributed by atoms with Crippen LogP contribution in [0.2, 0.25) is 5.02 Å². The molecule has 5 nitrogen and oxygen atoms in total. The number of nitrogens with zero attached hydrogens (tertiary/aromatic N) is 1. The molecule has 2 aromatic rings. The maximum absolute atomic E-state index is 14.8. The average molecular weight is 462 g/mol. The van der Waals surface area contributed by atoms with Crippen molar-refractivity contribution in [1.29, 1.82) is 0 Å². The molecular weight excluding hydrogens is 433 g/mol. The zero-order valence-electron chi connectivity index (χ0n) is 18.3. The molecule has 7 heteroatoms. The van der Waals surface area contributed by atoms with Gasteiger partial charge >= 0.3 is 5.97 Å². The van der Waals surface area contributed by atoms with Gasteiger partial charge in [-0.25, -0.2) is 9.18 Å². The summed E-state index contributed by atoms with van der Waals surface area (Å²) in [5.74, 6) is -0.335. The smallest absolute Gasteiger partial charge is 0.340 e. The van der Waals surface area contributed by atoms with E-state index in [1.165, 1.54) is 13.2 Å². The maximum Gasteiger partial charge on any atom is 0.340 e. The number of hydrogen-bond acceptors (Lipinski definition) is 5. The lowest BCUT2D eigenvalue weighted by atomic mass is 9.74. The van der Waals surface area contributed by atoms with Crippen molar-refractivity contribution in [2.75, 3.05) is 31.7 Å². The molecule has 0 spiro atoms. The van der Waals surface area contributed by atoms with Gasteiger partial charge < -0.3 is 19.5 Å². The molecule has 1 N–H and O–H groups in total. The summed E-state index contributed by atoms with van der Waals surface area (Å²) in [6.45, 7) is 1.93. The van der Waals surface area contributed by atoms with Crippen molar-refractivity contribution in [3.63, 3.8) is 0 Å². The Bertz CT molecular complexity index is 981. The van der Waals surface area contributed by atoms with Gasteiger partial charge in [0, 0.05) is 30.8 Å². The quantitative estimate of drug-likeness (QED) is 0.649. The number of aliphatic hydroxyl groups is 1. The molecule has 2 aliphatic rings. The summed E-state index contributed by atoms with van der Waals surface area (Å²) in [7, 11) is 1.24. The number of carbonyl (C=O) groups is 1. The number of halogens is 2. The molecule has 0 radical (unpaired) electrons. The van der Waals surface area contributed by atoms with Gasteiger partial charge in [0.05, 0.1) is 18.4 Å². The first-order valence-corrected chi connectivity index (χ1v) is 11.6. The Kier molecular flexibility index (Phi) is 7.21. The lowest BCUT2D eigenvalue weighted by Gasteiger charge is -2.40. The van der Waals surface area contributed by atoms with Crippen molar-refractivity contribution in [1.82, 2.24) is 0 Å². The highest BCUT2D eigenvalue weighted by atomic mass is 35.5. The molecule has 1 fully saturated rings. The number of carbonyl (C=O) groups excluding carboxylic acids is 1. The number of aliphatic hydroxyl groups excluding tert-OH is 1. The zero-order chi connectivity index (χ0) is 22.7. The van der Waals surface area contributed by atoms with Crippen molar-refractivity contribution in [2.24, 2.45) is 11.8 Å². The standard InChI is InChI=1S/C25H29ClFNO4/c1-31-25(30)21-11-23-24(12-22(21)27)32-15-19-7-8-20(26)10-16(19)4-2-3-9-28(23)13-17-5-6-18(17)14-29/h7-8,10-12,17-18,29H,2-6,9,13-15H2,1H3/t17-,18-/m0/s1. The lowest BCUT2D eigenvalue weighted by Crippen LogP contribution is -2.40. The molecule has 1 saturated carbocycles. The number of aryl methyl sites for hydroxylation is 1. The van der Waals surface area contributed by atoms with Crippen LogP contribution in [0.5, 0.6) is 5.75 Å². The van der Waals surface area contributed by atoms with E-state index >= 15 is 0 Å². The van der Waals surface area contributed by atoms with Crippen LogP contribution >= 0.6 is 11.6 Å². The fourth-order valence-corrected chi connectivity index (χ4v) is 4.82. The lowest BCUT2D eigenvalue weighted by molar-refractivity contribution is 0.0595. The molecule has 2 aromatic carbocycles. The molecule has 0 saturated heterocycles. The molecule has 1 heterocycles. The fraction of sp³-hybridized carbons (Fsp3) is 0.480. The SMILES string of the molecule is COC(=O)c1cc2c(cc1F)OCc1ccc(Cl)cc1CCCCN2C[C@@H]1CC[C@H]1CO. The average Bonchev–Trinajstić information content (AvgIpc) is 2.79. The molecular formula is C25H29ClFNO4. The Morgan fingerprint density at radius 3 is 2.75 bits per heavy atom. The topological polar surface area (TPSA) is 59.0 Å². The van der Waals surface area contributed by atoms with Gasteiger partial charge in [-0.15, -0.1) is 0 Å². The number of rotatable bonds is 4. The van der Waals surface area contributed by atoms with Crippen molar-refractivity contribution in [3.05, 3.63) is 57.9 Å². The van der Waals surface area contributed by atoms with Crippen molar-refractivity contribution in [2.45, 2.75) is 38.7 Å². The van der Waals surface area contributed by atoms with E-state index in [-0.39, 0.29) is 24.7 Å². The van der Waals surface area contributed by atoms with Crippen LogP contribution in [0.15, 0.2) is 30.3 Å². The molecule has 0 unspecified atom stereocenters. The molecule has 4 rings (SSSR count). The summed E-state index contributed by atoms with van der Waals surface area (Å²) in [6, 6.07) is 8.59. The Hall–Kier alpha value is -2.31. The van der Waals surface area contributed by atoms with E-state index in [0.717, 1.165) is 56.3 Å². The van der Waals surface area contributed by atoms with Crippen molar-refractivity contribution in [3.8, 4) is 5.75 Å². The van der Waals surface area contributed by atoms with E-state index in [1.807, 2.05) is 18.2 Å². The predicted molar refractivity (Wildman–Crippen MR) is 122 cm³/mol. The second-order valence-electron chi connectivity index (χ2n) is 8.68. The van der Waals surface area contributed by atoms with Gasteiger partial charge in [0.25, 0.3) is 0 Å². The van der Waals surface area contributed by atoms with Gasteiger partial charge in [-0.05, 0) is 73.3 Å². The van der Waals surface area contributed by atoms with Gasteiger partial charge in [0.15, 0.2) is 0 Å². The second-order valence-corrected chi connectivity index (χ2v) is 9.11. The number of fused-ring (bicyclic) bond motifs is 2. The first-order chi connectivity index (χ1) is 15.5. The van der Waals surface area contributed by atoms with E-state index in [1.54, 1.807) is 6.07 Å². The monoisotopic (exact) mass is 461 g/mol. The van der Waals surface area contributed by atoms with Gasteiger partial charge in [-0.3, -0.25) is 0 Å². The number of esters is 1. The zero-order valence-corrected chi connectivity index (χ0v) is 19.0. The van der Waals surface area contributed by atoms with Crippen LogP contribution in [0.25, 0.3) is 0 Å². The van der Waals surface area contributed by atoms with Crippen LogP contribution in [0.1, 0.15) is 47.2 Å². The third-order valence-electron chi connectivity index (χ3n) is 6.73. The minimum Gasteiger partial charge on any atom is -0.487 e. The summed E-state index contributed by atoms with van der Waals surface area (Å²) in [5, 5.41) is 10.3. The fourth-order valence-electron chi connectivity index (χ4n) is 4.63. The first kappa shape index (κ1) is 22.9. The van der Waals surface area contributed by atoms with Gasteiger partial charge in [-0.2, -0.15) is 0 Å². The van der Waals surface area contributed by atoms with E-state index in [0.29, 0.717) is 22.4 Å². The van der Waals surface area contributed by atoms with Crippen molar-refractivity contribution >= 4 is 23.3 Å². The van der Waals surface area contributed by atoms with Crippen molar-refractivity contribution < 1.29 is 23.8 Å². The molecule has 0 bridgehead atoms. The third kappa shape index (κ3) is 4.86. The number of benzene rings is 2. The number of anilines is 1. The Morgan fingerprint density at radius 2 is 2.03 bits per heavy atom. The molecule has 172 valence electrons. The van der Waals surface area contributed by atoms with Gasteiger partial charge in [0.2, 0.25) is 0 Å². The van der Waals surface area contributed by atoms with Crippen LogP contribution in [-0.2, 0) is 17.8 Å². The predicted octanol–water partition coefficient (Wildman–Crippen LogP) is 5.01. The van der Waals surface area contributed by atoms with Crippen LogP contribution in [0.3, 0.4) is 0 Å². The second kappa shape index (κ2) is 10.1. The Morgan fingerprint density at radius 1 is 1.22 bits per heavy atom. The first-order valence-electron chi connectivity index (χ1n) is 11.2. The summed E-state index contributed by atoms with van der Waals surface area (Å²) >= 11 is 6.21.